The minimum absolute atomic E-state index is 0.501. The van der Waals surface area contributed by atoms with E-state index in [-0.39, 0.29) is 0 Å². The van der Waals surface area contributed by atoms with E-state index >= 15 is 0 Å². The molecule has 1 saturated heterocycles. The molecule has 1 aliphatic heterocycles. The minimum atomic E-state index is 0.501. The highest BCUT2D eigenvalue weighted by Crippen LogP contribution is 2.14. The van der Waals surface area contributed by atoms with Gasteiger partial charge in [0.05, 0.1) is 11.4 Å². The molecule has 0 spiro atoms. The summed E-state index contributed by atoms with van der Waals surface area (Å²) >= 11 is 0. The van der Waals surface area contributed by atoms with Crippen LogP contribution in [0.4, 0.5) is 5.82 Å². The number of nitrogens with two attached hydrogens (primary N) is 1. The molecule has 110 valence electrons. The Bertz CT molecular complexity index is 564. The van der Waals surface area contributed by atoms with Crippen LogP contribution in [-0.2, 0) is 13.1 Å². The first-order chi connectivity index (χ1) is 10.3. The largest absolute Gasteiger partial charge is 0.354 e. The summed E-state index contributed by atoms with van der Waals surface area (Å²) in [4.78, 5) is 13.8. The summed E-state index contributed by atoms with van der Waals surface area (Å²) in [5.41, 5.74) is 7.70. The van der Waals surface area contributed by atoms with Crippen molar-refractivity contribution >= 4 is 5.82 Å². The first-order valence-corrected chi connectivity index (χ1v) is 7.38. The van der Waals surface area contributed by atoms with Crippen molar-refractivity contribution in [3.63, 3.8) is 0 Å². The van der Waals surface area contributed by atoms with Gasteiger partial charge in [0.2, 0.25) is 0 Å². The predicted molar refractivity (Wildman–Crippen MR) is 83.9 cm³/mol. The van der Waals surface area contributed by atoms with Crippen molar-refractivity contribution in [1.82, 2.24) is 14.9 Å². The lowest BCUT2D eigenvalue weighted by Gasteiger charge is -2.35. The number of rotatable bonds is 4. The van der Waals surface area contributed by atoms with Gasteiger partial charge in [0.1, 0.15) is 5.82 Å². The van der Waals surface area contributed by atoms with Crippen LogP contribution in [0.3, 0.4) is 0 Å². The fourth-order valence-electron chi connectivity index (χ4n) is 2.64. The molecule has 0 aliphatic carbocycles. The third-order valence-corrected chi connectivity index (χ3v) is 3.80. The lowest BCUT2D eigenvalue weighted by Crippen LogP contribution is -2.46. The van der Waals surface area contributed by atoms with Crippen LogP contribution in [0, 0.1) is 0 Å². The Balaban J connectivity index is 1.56. The monoisotopic (exact) mass is 283 g/mol. The molecule has 0 radical (unpaired) electrons. The average Bonchev–Trinajstić information content (AvgIpc) is 2.56. The van der Waals surface area contributed by atoms with E-state index < -0.39 is 0 Å². The molecule has 0 amide bonds. The Morgan fingerprint density at radius 2 is 1.76 bits per heavy atom. The van der Waals surface area contributed by atoms with Crippen LogP contribution in [0.1, 0.15) is 11.4 Å². The SMILES string of the molecule is NCc1cccc(CN2CCN(c3ccccn3)CC2)n1. The fraction of sp³-hybridized carbons (Fsp3) is 0.375. The molecule has 2 aromatic rings. The lowest BCUT2D eigenvalue weighted by molar-refractivity contribution is 0.246. The number of piperazine rings is 1. The molecular formula is C16H21N5. The second-order valence-electron chi connectivity index (χ2n) is 5.28. The summed E-state index contributed by atoms with van der Waals surface area (Å²) in [7, 11) is 0. The van der Waals surface area contributed by atoms with Crippen molar-refractivity contribution in [2.45, 2.75) is 13.1 Å². The van der Waals surface area contributed by atoms with Gasteiger partial charge in [0.15, 0.2) is 0 Å². The van der Waals surface area contributed by atoms with Crippen molar-refractivity contribution < 1.29 is 0 Å². The second-order valence-corrected chi connectivity index (χ2v) is 5.28. The van der Waals surface area contributed by atoms with E-state index in [1.165, 1.54) is 0 Å². The van der Waals surface area contributed by atoms with Crippen LogP contribution < -0.4 is 10.6 Å². The third kappa shape index (κ3) is 3.56. The number of aromatic nitrogens is 2. The number of anilines is 1. The molecule has 2 aromatic heterocycles. The molecule has 21 heavy (non-hydrogen) atoms. The van der Waals surface area contributed by atoms with E-state index in [1.54, 1.807) is 0 Å². The van der Waals surface area contributed by atoms with Crippen molar-refractivity contribution in [3.05, 3.63) is 54.0 Å². The molecule has 2 N–H and O–H groups in total. The predicted octanol–water partition coefficient (Wildman–Crippen LogP) is 1.26. The normalized spacial score (nSPS) is 16.1. The minimum Gasteiger partial charge on any atom is -0.354 e. The van der Waals surface area contributed by atoms with E-state index in [0.29, 0.717) is 6.54 Å². The molecule has 0 aromatic carbocycles. The van der Waals surface area contributed by atoms with Gasteiger partial charge in [-0.2, -0.15) is 0 Å². The number of hydrogen-bond donors (Lipinski definition) is 1. The van der Waals surface area contributed by atoms with Crippen molar-refractivity contribution in [3.8, 4) is 0 Å². The number of hydrogen-bond acceptors (Lipinski definition) is 5. The van der Waals surface area contributed by atoms with E-state index in [0.717, 1.165) is 49.9 Å². The number of nitrogens with zero attached hydrogens (tertiary/aromatic N) is 4. The zero-order valence-electron chi connectivity index (χ0n) is 12.2. The summed E-state index contributed by atoms with van der Waals surface area (Å²) in [5.74, 6) is 1.07. The van der Waals surface area contributed by atoms with E-state index in [1.807, 2.05) is 30.5 Å². The molecule has 1 aliphatic rings. The third-order valence-electron chi connectivity index (χ3n) is 3.80. The van der Waals surface area contributed by atoms with Crippen LogP contribution in [0.25, 0.3) is 0 Å². The van der Waals surface area contributed by atoms with E-state index in [2.05, 4.69) is 31.9 Å². The molecule has 0 atom stereocenters. The van der Waals surface area contributed by atoms with Gasteiger partial charge in [-0.25, -0.2) is 4.98 Å². The van der Waals surface area contributed by atoms with Gasteiger partial charge in [-0.3, -0.25) is 9.88 Å². The molecule has 3 rings (SSSR count). The zero-order valence-corrected chi connectivity index (χ0v) is 12.2. The summed E-state index contributed by atoms with van der Waals surface area (Å²) in [6.07, 6.45) is 1.85. The maximum Gasteiger partial charge on any atom is 0.128 e. The molecule has 1 fully saturated rings. The van der Waals surface area contributed by atoms with E-state index in [4.69, 9.17) is 5.73 Å². The van der Waals surface area contributed by atoms with E-state index in [9.17, 15) is 0 Å². The Morgan fingerprint density at radius 3 is 2.48 bits per heavy atom. The molecule has 0 bridgehead atoms. The zero-order chi connectivity index (χ0) is 14.5. The molecular weight excluding hydrogens is 262 g/mol. The molecule has 5 nitrogen and oxygen atoms in total. The summed E-state index contributed by atoms with van der Waals surface area (Å²) in [6, 6.07) is 12.1. The lowest BCUT2D eigenvalue weighted by atomic mass is 10.2. The summed E-state index contributed by atoms with van der Waals surface area (Å²) < 4.78 is 0. The van der Waals surface area contributed by atoms with Crippen LogP contribution in [0.5, 0.6) is 0 Å². The summed E-state index contributed by atoms with van der Waals surface area (Å²) in [5, 5.41) is 0. The van der Waals surface area contributed by atoms with Crippen LogP contribution in [0.15, 0.2) is 42.6 Å². The Morgan fingerprint density at radius 1 is 0.952 bits per heavy atom. The topological polar surface area (TPSA) is 58.3 Å². The van der Waals surface area contributed by atoms with Crippen LogP contribution >= 0.6 is 0 Å². The van der Waals surface area contributed by atoms with Gasteiger partial charge in [0, 0.05) is 45.5 Å². The Kier molecular flexibility index (Phi) is 4.43. The molecule has 5 heteroatoms. The first kappa shape index (κ1) is 14.0. The van der Waals surface area contributed by atoms with Gasteiger partial charge < -0.3 is 10.6 Å². The molecule has 0 unspecified atom stereocenters. The maximum absolute atomic E-state index is 5.64. The van der Waals surface area contributed by atoms with Crippen molar-refractivity contribution in [1.29, 1.82) is 0 Å². The Hall–Kier alpha value is -1.98. The van der Waals surface area contributed by atoms with Gasteiger partial charge in [-0.1, -0.05) is 12.1 Å². The Labute approximate surface area is 125 Å². The second kappa shape index (κ2) is 6.65. The number of pyridine rings is 2. The van der Waals surface area contributed by atoms with Gasteiger partial charge in [0.25, 0.3) is 0 Å². The van der Waals surface area contributed by atoms with Gasteiger partial charge in [-0.15, -0.1) is 0 Å². The molecule has 3 heterocycles. The van der Waals surface area contributed by atoms with Gasteiger partial charge in [-0.05, 0) is 24.3 Å². The highest BCUT2D eigenvalue weighted by atomic mass is 15.3. The summed E-state index contributed by atoms with van der Waals surface area (Å²) in [6.45, 7) is 5.47. The standard InChI is InChI=1S/C16H21N5/c17-12-14-4-3-5-15(19-14)13-20-8-10-21(11-9-20)16-6-1-2-7-18-16/h1-7H,8-13,17H2. The smallest absolute Gasteiger partial charge is 0.128 e. The van der Waals surface area contributed by atoms with Crippen LogP contribution in [-0.4, -0.2) is 41.0 Å². The first-order valence-electron chi connectivity index (χ1n) is 7.38. The average molecular weight is 283 g/mol. The van der Waals surface area contributed by atoms with Gasteiger partial charge >= 0.3 is 0 Å². The highest BCUT2D eigenvalue weighted by molar-refractivity contribution is 5.38. The van der Waals surface area contributed by atoms with Crippen molar-refractivity contribution in [2.24, 2.45) is 5.73 Å². The maximum atomic E-state index is 5.64. The van der Waals surface area contributed by atoms with Crippen molar-refractivity contribution in [2.75, 3.05) is 31.1 Å². The molecule has 0 saturated carbocycles. The fourth-order valence-corrected chi connectivity index (χ4v) is 2.64. The highest BCUT2D eigenvalue weighted by Gasteiger charge is 2.18. The van der Waals surface area contributed by atoms with Crippen LogP contribution in [0.2, 0.25) is 0 Å². The quantitative estimate of drug-likeness (QED) is 0.915.